The molecule has 0 atom stereocenters. The predicted octanol–water partition coefficient (Wildman–Crippen LogP) is 3.49. The molecular formula is C20H19FN2O3S. The highest BCUT2D eigenvalue weighted by Crippen LogP contribution is 2.30. The molecule has 0 bridgehead atoms. The molecule has 1 fully saturated rings. The van der Waals surface area contributed by atoms with Crippen LogP contribution in [-0.2, 0) is 11.4 Å². The molecule has 140 valence electrons. The van der Waals surface area contributed by atoms with Gasteiger partial charge in [-0.15, -0.1) is 0 Å². The van der Waals surface area contributed by atoms with Gasteiger partial charge in [-0.3, -0.25) is 9.69 Å². The summed E-state index contributed by atoms with van der Waals surface area (Å²) in [5.74, 6) is 0.648. The number of benzene rings is 2. The van der Waals surface area contributed by atoms with Gasteiger partial charge in [-0.25, -0.2) is 4.39 Å². The van der Waals surface area contributed by atoms with E-state index >= 15 is 0 Å². The topological polar surface area (TPSA) is 50.8 Å². The normalized spacial score (nSPS) is 15.2. The number of hydrogen-bond acceptors (Lipinski definition) is 4. The van der Waals surface area contributed by atoms with Gasteiger partial charge < -0.3 is 14.8 Å². The first kappa shape index (κ1) is 18.8. The molecule has 27 heavy (non-hydrogen) atoms. The van der Waals surface area contributed by atoms with Gasteiger partial charge >= 0.3 is 0 Å². The molecule has 1 heterocycles. The van der Waals surface area contributed by atoms with E-state index in [2.05, 4.69) is 5.32 Å². The van der Waals surface area contributed by atoms with Crippen molar-refractivity contribution in [2.75, 3.05) is 13.7 Å². The highest BCUT2D eigenvalue weighted by molar-refractivity contribution is 7.80. The Hall–Kier alpha value is -2.93. The van der Waals surface area contributed by atoms with Crippen LogP contribution in [0.15, 0.2) is 48.2 Å². The third-order valence-electron chi connectivity index (χ3n) is 4.08. The van der Waals surface area contributed by atoms with Crippen LogP contribution in [0.25, 0.3) is 6.08 Å². The van der Waals surface area contributed by atoms with Gasteiger partial charge in [-0.2, -0.15) is 0 Å². The van der Waals surface area contributed by atoms with E-state index in [0.717, 1.165) is 11.1 Å². The highest BCUT2D eigenvalue weighted by atomic mass is 32.1. The van der Waals surface area contributed by atoms with Crippen molar-refractivity contribution in [3.63, 3.8) is 0 Å². The van der Waals surface area contributed by atoms with Crippen LogP contribution in [0.4, 0.5) is 4.39 Å². The maximum absolute atomic E-state index is 13.0. The SMILES string of the molecule is CCN1C(=O)/C(=C/c2ccc(OCc3ccc(F)cc3)c(OC)c2)NC1=S. The van der Waals surface area contributed by atoms with Gasteiger partial charge in [-0.1, -0.05) is 18.2 Å². The Labute approximate surface area is 162 Å². The van der Waals surface area contributed by atoms with Crippen molar-refractivity contribution in [3.8, 4) is 11.5 Å². The molecule has 7 heteroatoms. The molecule has 2 aromatic rings. The lowest BCUT2D eigenvalue weighted by atomic mass is 10.1. The Bertz CT molecular complexity index is 897. The average molecular weight is 386 g/mol. The van der Waals surface area contributed by atoms with E-state index in [0.29, 0.717) is 28.9 Å². The molecule has 0 spiro atoms. The molecule has 0 radical (unpaired) electrons. The molecule has 2 aromatic carbocycles. The molecule has 0 unspecified atom stereocenters. The van der Waals surface area contributed by atoms with Gasteiger partial charge in [0.1, 0.15) is 18.1 Å². The minimum atomic E-state index is -0.287. The number of carbonyl (C=O) groups excluding carboxylic acids is 1. The van der Waals surface area contributed by atoms with Gasteiger partial charge in [-0.05, 0) is 60.6 Å². The molecule has 1 saturated heterocycles. The molecule has 3 rings (SSSR count). The Morgan fingerprint density at radius 1 is 1.19 bits per heavy atom. The van der Waals surface area contributed by atoms with Crippen LogP contribution in [0.1, 0.15) is 18.1 Å². The molecule has 0 aliphatic carbocycles. The molecule has 5 nitrogen and oxygen atoms in total. The van der Waals surface area contributed by atoms with E-state index in [1.165, 1.54) is 17.0 Å². The second-order valence-electron chi connectivity index (χ2n) is 5.86. The van der Waals surface area contributed by atoms with Gasteiger partial charge in [0.05, 0.1) is 7.11 Å². The summed E-state index contributed by atoms with van der Waals surface area (Å²) < 4.78 is 24.1. The maximum atomic E-state index is 13.0. The number of halogens is 1. The summed E-state index contributed by atoms with van der Waals surface area (Å²) in [6.45, 7) is 2.67. The second kappa shape index (κ2) is 8.18. The fourth-order valence-electron chi connectivity index (χ4n) is 2.66. The number of methoxy groups -OCH3 is 1. The van der Waals surface area contributed by atoms with Crippen molar-refractivity contribution in [2.24, 2.45) is 0 Å². The summed E-state index contributed by atoms with van der Waals surface area (Å²) in [6, 6.07) is 11.5. The number of rotatable bonds is 6. The number of likely N-dealkylation sites (N-methyl/N-ethyl adjacent to an activating group) is 1. The van der Waals surface area contributed by atoms with Crippen molar-refractivity contribution < 1.29 is 18.7 Å². The minimum Gasteiger partial charge on any atom is -0.493 e. The highest BCUT2D eigenvalue weighted by Gasteiger charge is 2.29. The fraction of sp³-hybridized carbons (Fsp3) is 0.200. The third kappa shape index (κ3) is 4.25. The summed E-state index contributed by atoms with van der Waals surface area (Å²) in [5.41, 5.74) is 2.04. The van der Waals surface area contributed by atoms with E-state index in [4.69, 9.17) is 21.7 Å². The number of thiocarbonyl (C=S) groups is 1. The Balaban J connectivity index is 1.76. The zero-order valence-corrected chi connectivity index (χ0v) is 15.8. The first-order valence-electron chi connectivity index (χ1n) is 8.41. The summed E-state index contributed by atoms with van der Waals surface area (Å²) in [5, 5.41) is 3.33. The number of nitrogens with one attached hydrogen (secondary N) is 1. The molecular weight excluding hydrogens is 367 g/mol. The van der Waals surface area contributed by atoms with Crippen molar-refractivity contribution in [1.29, 1.82) is 0 Å². The van der Waals surface area contributed by atoms with Crippen LogP contribution in [0.3, 0.4) is 0 Å². The molecule has 1 aliphatic heterocycles. The second-order valence-corrected chi connectivity index (χ2v) is 6.25. The van der Waals surface area contributed by atoms with Crippen LogP contribution in [-0.4, -0.2) is 29.6 Å². The van der Waals surface area contributed by atoms with Gasteiger partial charge in [0, 0.05) is 6.54 Å². The van der Waals surface area contributed by atoms with Crippen molar-refractivity contribution in [1.82, 2.24) is 10.2 Å². The van der Waals surface area contributed by atoms with Crippen molar-refractivity contribution in [3.05, 3.63) is 65.1 Å². The summed E-state index contributed by atoms with van der Waals surface area (Å²) in [6.07, 6.45) is 1.72. The Kier molecular flexibility index (Phi) is 5.71. The lowest BCUT2D eigenvalue weighted by Gasteiger charge is -2.11. The number of ether oxygens (including phenoxy) is 2. The number of nitrogens with zero attached hydrogens (tertiary/aromatic N) is 1. The minimum absolute atomic E-state index is 0.155. The van der Waals surface area contributed by atoms with Crippen LogP contribution in [0, 0.1) is 5.82 Å². The standard InChI is InChI=1S/C20H19FN2O3S/c1-3-23-19(24)16(22-20(23)27)10-14-6-9-17(18(11-14)25-2)26-12-13-4-7-15(21)8-5-13/h4-11H,3,12H2,1-2H3,(H,22,27)/b16-10-. The van der Waals surface area contributed by atoms with Gasteiger partial charge in [0.2, 0.25) is 0 Å². The number of amides is 1. The summed E-state index contributed by atoms with van der Waals surface area (Å²) in [7, 11) is 1.55. The lowest BCUT2D eigenvalue weighted by molar-refractivity contribution is -0.122. The summed E-state index contributed by atoms with van der Waals surface area (Å²) >= 11 is 5.15. The summed E-state index contributed by atoms with van der Waals surface area (Å²) in [4.78, 5) is 13.8. The number of hydrogen-bond donors (Lipinski definition) is 1. The maximum Gasteiger partial charge on any atom is 0.276 e. The zero-order chi connectivity index (χ0) is 19.4. The molecule has 0 saturated carbocycles. The van der Waals surface area contributed by atoms with E-state index in [9.17, 15) is 9.18 Å². The van der Waals surface area contributed by atoms with Crippen LogP contribution < -0.4 is 14.8 Å². The lowest BCUT2D eigenvalue weighted by Crippen LogP contribution is -2.30. The Morgan fingerprint density at radius 3 is 2.56 bits per heavy atom. The van der Waals surface area contributed by atoms with Gasteiger partial charge in [0.25, 0.3) is 5.91 Å². The van der Waals surface area contributed by atoms with Crippen molar-refractivity contribution in [2.45, 2.75) is 13.5 Å². The molecule has 1 aliphatic rings. The predicted molar refractivity (Wildman–Crippen MR) is 105 cm³/mol. The first-order valence-corrected chi connectivity index (χ1v) is 8.82. The van der Waals surface area contributed by atoms with E-state index in [1.54, 1.807) is 37.5 Å². The van der Waals surface area contributed by atoms with E-state index < -0.39 is 0 Å². The smallest absolute Gasteiger partial charge is 0.276 e. The van der Waals surface area contributed by atoms with E-state index in [1.807, 2.05) is 13.0 Å². The quantitative estimate of drug-likeness (QED) is 0.608. The third-order valence-corrected chi connectivity index (χ3v) is 4.41. The largest absolute Gasteiger partial charge is 0.493 e. The zero-order valence-electron chi connectivity index (χ0n) is 15.0. The van der Waals surface area contributed by atoms with Gasteiger partial charge in [0.15, 0.2) is 16.6 Å². The molecule has 1 amide bonds. The van der Waals surface area contributed by atoms with Crippen LogP contribution in [0.5, 0.6) is 11.5 Å². The average Bonchev–Trinajstić information content (AvgIpc) is 2.94. The first-order chi connectivity index (χ1) is 13.0. The molecule has 1 N–H and O–H groups in total. The van der Waals surface area contributed by atoms with Crippen LogP contribution >= 0.6 is 12.2 Å². The monoisotopic (exact) mass is 386 g/mol. The Morgan fingerprint density at radius 2 is 1.93 bits per heavy atom. The molecule has 0 aromatic heterocycles. The van der Waals surface area contributed by atoms with E-state index in [-0.39, 0.29) is 18.3 Å². The number of carbonyl (C=O) groups is 1. The van der Waals surface area contributed by atoms with Crippen molar-refractivity contribution >= 4 is 29.3 Å². The fourth-order valence-corrected chi connectivity index (χ4v) is 2.98. The van der Waals surface area contributed by atoms with Crippen LogP contribution in [0.2, 0.25) is 0 Å².